The summed E-state index contributed by atoms with van der Waals surface area (Å²) in [5, 5.41) is 5.75. The molecule has 1 heterocycles. The fourth-order valence-corrected chi connectivity index (χ4v) is 2.90. The Morgan fingerprint density at radius 3 is 2.90 bits per heavy atom. The minimum atomic E-state index is -0.642. The fourth-order valence-electron chi connectivity index (χ4n) is 1.43. The molecule has 0 saturated carbocycles. The van der Waals surface area contributed by atoms with Gasteiger partial charge in [0.2, 0.25) is 0 Å². The normalized spacial score (nSPS) is 12.0. The van der Waals surface area contributed by atoms with E-state index < -0.39 is 6.10 Å². The molecule has 0 fully saturated rings. The van der Waals surface area contributed by atoms with Gasteiger partial charge in [-0.05, 0) is 48.0 Å². The van der Waals surface area contributed by atoms with Gasteiger partial charge in [0.15, 0.2) is 11.2 Å². The second-order valence-corrected chi connectivity index (χ2v) is 6.27. The average molecular weight is 376 g/mol. The van der Waals surface area contributed by atoms with Gasteiger partial charge in [-0.2, -0.15) is 0 Å². The lowest BCUT2D eigenvalue weighted by molar-refractivity contribution is -0.122. The maximum atomic E-state index is 12.0. The van der Waals surface area contributed by atoms with Crippen LogP contribution in [0.3, 0.4) is 0 Å². The molecule has 0 aliphatic carbocycles. The number of carbonyl (C=O) groups excluding carboxylic acids is 1. The molecule has 0 aliphatic rings. The molecule has 7 heteroatoms. The van der Waals surface area contributed by atoms with Crippen molar-refractivity contribution in [1.29, 1.82) is 0 Å². The third-order valence-electron chi connectivity index (χ3n) is 2.42. The third-order valence-corrected chi connectivity index (χ3v) is 4.15. The van der Waals surface area contributed by atoms with E-state index in [9.17, 15) is 4.79 Å². The zero-order chi connectivity index (χ0) is 14.7. The summed E-state index contributed by atoms with van der Waals surface area (Å²) in [5.41, 5.74) is 0.874. The molecule has 0 spiro atoms. The first-order valence-electron chi connectivity index (χ1n) is 5.80. The summed E-state index contributed by atoms with van der Waals surface area (Å²) in [4.78, 5) is 16.2. The first-order chi connectivity index (χ1) is 9.45. The molecule has 20 heavy (non-hydrogen) atoms. The van der Waals surface area contributed by atoms with Crippen molar-refractivity contribution in [3.05, 3.63) is 38.8 Å². The van der Waals surface area contributed by atoms with Crippen molar-refractivity contribution >= 4 is 49.9 Å². The Morgan fingerprint density at radius 1 is 1.55 bits per heavy atom. The molecule has 1 unspecified atom stereocenters. The molecule has 0 saturated heterocycles. The largest absolute Gasteiger partial charge is 0.480 e. The summed E-state index contributed by atoms with van der Waals surface area (Å²) in [5.74, 6) is 0.313. The van der Waals surface area contributed by atoms with Gasteiger partial charge in [0, 0.05) is 10.4 Å². The van der Waals surface area contributed by atoms with Crippen molar-refractivity contribution in [1.82, 2.24) is 4.98 Å². The Balaban J connectivity index is 2.00. The van der Waals surface area contributed by atoms with Gasteiger partial charge in [0.25, 0.3) is 5.91 Å². The molecular formula is C13H12BrClN2O2S. The van der Waals surface area contributed by atoms with Gasteiger partial charge < -0.3 is 4.74 Å². The van der Waals surface area contributed by atoms with Crippen LogP contribution in [0.25, 0.3) is 0 Å². The van der Waals surface area contributed by atoms with Crippen LogP contribution in [-0.4, -0.2) is 17.0 Å². The smallest absolute Gasteiger partial charge is 0.266 e. The van der Waals surface area contributed by atoms with Crippen molar-refractivity contribution in [2.24, 2.45) is 0 Å². The van der Waals surface area contributed by atoms with E-state index in [0.717, 1.165) is 5.69 Å². The summed E-state index contributed by atoms with van der Waals surface area (Å²) in [7, 11) is 0. The zero-order valence-corrected chi connectivity index (χ0v) is 14.0. The second kappa shape index (κ2) is 6.56. The predicted molar refractivity (Wildman–Crippen MR) is 84.7 cm³/mol. The van der Waals surface area contributed by atoms with Crippen LogP contribution >= 0.6 is 38.9 Å². The number of thiazole rings is 1. The monoisotopic (exact) mass is 374 g/mol. The highest BCUT2D eigenvalue weighted by atomic mass is 79.9. The number of aryl methyl sites for hydroxylation is 1. The van der Waals surface area contributed by atoms with Crippen LogP contribution < -0.4 is 10.1 Å². The number of aromatic nitrogens is 1. The number of ether oxygens (including phenoxy) is 1. The number of hydrogen-bond acceptors (Lipinski definition) is 4. The number of rotatable bonds is 4. The zero-order valence-electron chi connectivity index (χ0n) is 10.8. The minimum Gasteiger partial charge on any atom is -0.480 e. The number of nitrogens with one attached hydrogen (secondary N) is 1. The van der Waals surface area contributed by atoms with Gasteiger partial charge in [-0.3, -0.25) is 10.1 Å². The van der Waals surface area contributed by atoms with Gasteiger partial charge in [-0.15, -0.1) is 11.3 Å². The maximum absolute atomic E-state index is 12.0. The van der Waals surface area contributed by atoms with E-state index in [-0.39, 0.29) is 5.91 Å². The van der Waals surface area contributed by atoms with Crippen LogP contribution in [0.2, 0.25) is 5.02 Å². The Hall–Kier alpha value is -1.11. The van der Waals surface area contributed by atoms with Crippen LogP contribution in [-0.2, 0) is 4.79 Å². The number of carbonyl (C=O) groups is 1. The second-order valence-electron chi connectivity index (χ2n) is 4.12. The number of halogens is 2. The van der Waals surface area contributed by atoms with E-state index in [1.54, 1.807) is 25.1 Å². The van der Waals surface area contributed by atoms with E-state index in [1.807, 2.05) is 12.3 Å². The first-order valence-corrected chi connectivity index (χ1v) is 7.85. The lowest BCUT2D eigenvalue weighted by Crippen LogP contribution is -2.30. The summed E-state index contributed by atoms with van der Waals surface area (Å²) >= 11 is 10.6. The molecule has 0 bridgehead atoms. The predicted octanol–water partition coefficient (Wildman–Crippen LogP) is 4.27. The number of benzene rings is 1. The molecule has 1 amide bonds. The molecule has 1 N–H and O–H groups in total. The van der Waals surface area contributed by atoms with Crippen molar-refractivity contribution in [3.8, 4) is 5.75 Å². The number of hydrogen-bond donors (Lipinski definition) is 1. The van der Waals surface area contributed by atoms with Crippen LogP contribution in [0.4, 0.5) is 5.13 Å². The topological polar surface area (TPSA) is 51.2 Å². The molecule has 1 aromatic carbocycles. The fraction of sp³-hybridized carbons (Fsp3) is 0.231. The molecule has 0 aliphatic heterocycles. The SMILES string of the molecule is Cc1csc(NC(=O)C(C)Oc2ccc(Cl)cc2Br)n1. The minimum absolute atomic E-state index is 0.249. The molecule has 1 atom stereocenters. The third kappa shape index (κ3) is 3.94. The van der Waals surface area contributed by atoms with Crippen molar-refractivity contribution in [3.63, 3.8) is 0 Å². The van der Waals surface area contributed by atoms with Crippen LogP contribution in [0.5, 0.6) is 5.75 Å². The summed E-state index contributed by atoms with van der Waals surface area (Å²) in [6, 6.07) is 5.13. The summed E-state index contributed by atoms with van der Waals surface area (Å²) < 4.78 is 6.30. The van der Waals surface area contributed by atoms with E-state index in [2.05, 4.69) is 26.2 Å². The van der Waals surface area contributed by atoms with Crippen molar-refractivity contribution in [2.45, 2.75) is 20.0 Å². The van der Waals surface area contributed by atoms with Crippen molar-refractivity contribution < 1.29 is 9.53 Å². The summed E-state index contributed by atoms with van der Waals surface area (Å²) in [6.45, 7) is 3.55. The van der Waals surface area contributed by atoms with Crippen LogP contribution in [0.15, 0.2) is 28.1 Å². The van der Waals surface area contributed by atoms with Gasteiger partial charge in [-0.25, -0.2) is 4.98 Å². The van der Waals surface area contributed by atoms with E-state index in [1.165, 1.54) is 11.3 Å². The number of nitrogens with zero attached hydrogens (tertiary/aromatic N) is 1. The highest BCUT2D eigenvalue weighted by Crippen LogP contribution is 2.29. The van der Waals surface area contributed by atoms with Crippen LogP contribution in [0.1, 0.15) is 12.6 Å². The molecule has 2 aromatic rings. The van der Waals surface area contributed by atoms with Crippen molar-refractivity contribution in [2.75, 3.05) is 5.32 Å². The summed E-state index contributed by atoms with van der Waals surface area (Å²) in [6.07, 6.45) is -0.642. The molecule has 0 radical (unpaired) electrons. The van der Waals surface area contributed by atoms with Gasteiger partial charge >= 0.3 is 0 Å². The molecule has 4 nitrogen and oxygen atoms in total. The highest BCUT2D eigenvalue weighted by molar-refractivity contribution is 9.10. The molecule has 2 rings (SSSR count). The Bertz CT molecular complexity index is 633. The molecule has 106 valence electrons. The Morgan fingerprint density at radius 2 is 2.30 bits per heavy atom. The Kier molecular flexibility index (Phi) is 5.01. The van der Waals surface area contributed by atoms with Gasteiger partial charge in [0.05, 0.1) is 10.2 Å². The lowest BCUT2D eigenvalue weighted by Gasteiger charge is -2.15. The standard InChI is InChI=1S/C13H12BrClN2O2S/c1-7-6-20-13(16-7)17-12(18)8(2)19-11-4-3-9(15)5-10(11)14/h3-6,8H,1-2H3,(H,16,17,18). The average Bonchev–Trinajstić information content (AvgIpc) is 2.78. The van der Waals surface area contributed by atoms with Crippen LogP contribution in [0, 0.1) is 6.92 Å². The lowest BCUT2D eigenvalue weighted by atomic mass is 10.3. The first kappa shape index (κ1) is 15.3. The van der Waals surface area contributed by atoms with Gasteiger partial charge in [-0.1, -0.05) is 11.6 Å². The highest BCUT2D eigenvalue weighted by Gasteiger charge is 2.17. The van der Waals surface area contributed by atoms with E-state index in [4.69, 9.17) is 16.3 Å². The van der Waals surface area contributed by atoms with Gasteiger partial charge in [0.1, 0.15) is 5.75 Å². The molecule has 1 aromatic heterocycles. The maximum Gasteiger partial charge on any atom is 0.266 e. The van der Waals surface area contributed by atoms with E-state index >= 15 is 0 Å². The Labute approximate surface area is 134 Å². The van der Waals surface area contributed by atoms with E-state index in [0.29, 0.717) is 20.4 Å². The number of amides is 1. The quantitative estimate of drug-likeness (QED) is 0.868. The molecular weight excluding hydrogens is 364 g/mol. The number of anilines is 1.